The SMILES string of the molecule is COc1cccc(-n2c(-c3ccccc3OS(=O)(=O)c3ccc(C)cc3)nc3c4ccccc4c4ccccc4c32)c1. The molecule has 1 aromatic heterocycles. The van der Waals surface area contributed by atoms with Gasteiger partial charge in [0.05, 0.1) is 29.4 Å². The Balaban J connectivity index is 1.55. The average Bonchev–Trinajstić information content (AvgIpc) is 3.42. The summed E-state index contributed by atoms with van der Waals surface area (Å²) in [5.41, 5.74) is 4.03. The smallest absolute Gasteiger partial charge is 0.339 e. The van der Waals surface area contributed by atoms with Gasteiger partial charge in [-0.15, -0.1) is 0 Å². The summed E-state index contributed by atoms with van der Waals surface area (Å²) in [6, 6.07) is 37.9. The maximum atomic E-state index is 13.4. The molecule has 6 nitrogen and oxygen atoms in total. The number of methoxy groups -OCH3 is 1. The van der Waals surface area contributed by atoms with Crippen LogP contribution in [0.1, 0.15) is 5.56 Å². The summed E-state index contributed by atoms with van der Waals surface area (Å²) in [5, 5.41) is 4.22. The third-order valence-corrected chi connectivity index (χ3v) is 8.73. The molecule has 1 heterocycles. The molecule has 0 unspecified atom stereocenters. The number of aromatic nitrogens is 2. The molecule has 7 heteroatoms. The van der Waals surface area contributed by atoms with E-state index < -0.39 is 10.1 Å². The van der Waals surface area contributed by atoms with E-state index in [-0.39, 0.29) is 10.6 Å². The van der Waals surface area contributed by atoms with E-state index in [0.29, 0.717) is 17.1 Å². The Morgan fingerprint density at radius 3 is 2.07 bits per heavy atom. The molecule has 0 spiro atoms. The van der Waals surface area contributed by atoms with E-state index in [1.165, 1.54) is 0 Å². The summed E-state index contributed by atoms with van der Waals surface area (Å²) in [6.07, 6.45) is 0. The van der Waals surface area contributed by atoms with Gasteiger partial charge in [0.25, 0.3) is 0 Å². The van der Waals surface area contributed by atoms with E-state index in [9.17, 15) is 8.42 Å². The molecule has 0 radical (unpaired) electrons. The monoisotopic (exact) mass is 570 g/mol. The van der Waals surface area contributed by atoms with E-state index in [1.807, 2.05) is 67.6 Å². The minimum Gasteiger partial charge on any atom is -0.497 e. The van der Waals surface area contributed by atoms with Gasteiger partial charge in [-0.1, -0.05) is 84.4 Å². The summed E-state index contributed by atoms with van der Waals surface area (Å²) in [6.45, 7) is 1.91. The molecule has 0 amide bonds. The van der Waals surface area contributed by atoms with Gasteiger partial charge >= 0.3 is 10.1 Å². The number of ether oxygens (including phenoxy) is 1. The lowest BCUT2D eigenvalue weighted by Gasteiger charge is -2.15. The second kappa shape index (κ2) is 10.0. The van der Waals surface area contributed by atoms with Crippen LogP contribution in [0.3, 0.4) is 0 Å². The van der Waals surface area contributed by atoms with Crippen LogP contribution in [0.5, 0.6) is 11.5 Å². The van der Waals surface area contributed by atoms with Gasteiger partial charge in [0.15, 0.2) is 5.75 Å². The highest BCUT2D eigenvalue weighted by Crippen LogP contribution is 2.41. The Bertz CT molecular complexity index is 2240. The number of hydrogen-bond donors (Lipinski definition) is 0. The number of hydrogen-bond acceptors (Lipinski definition) is 5. The van der Waals surface area contributed by atoms with Crippen molar-refractivity contribution in [1.29, 1.82) is 0 Å². The van der Waals surface area contributed by atoms with Crippen LogP contribution in [0.4, 0.5) is 0 Å². The van der Waals surface area contributed by atoms with Crippen LogP contribution in [-0.4, -0.2) is 25.1 Å². The van der Waals surface area contributed by atoms with Crippen LogP contribution in [0, 0.1) is 6.92 Å². The Morgan fingerprint density at radius 1 is 0.690 bits per heavy atom. The van der Waals surface area contributed by atoms with Crippen molar-refractivity contribution in [3.05, 3.63) is 127 Å². The predicted molar refractivity (Wildman–Crippen MR) is 167 cm³/mol. The zero-order chi connectivity index (χ0) is 28.8. The van der Waals surface area contributed by atoms with E-state index in [1.54, 1.807) is 43.5 Å². The molecule has 206 valence electrons. The largest absolute Gasteiger partial charge is 0.497 e. The molecular formula is C35H26N2O4S. The zero-order valence-electron chi connectivity index (χ0n) is 23.0. The number of imidazole rings is 1. The third kappa shape index (κ3) is 4.26. The predicted octanol–water partition coefficient (Wildman–Crippen LogP) is 8.08. The average molecular weight is 571 g/mol. The standard InChI is InChI=1S/C35H26N2O4S/c1-23-18-20-26(21-19-23)42(38,39)41-32-17-8-7-16-31(32)35-36-33-29-14-5-3-12-27(29)28-13-4-6-15-30(28)34(33)37(35)24-10-9-11-25(22-24)40-2/h3-22H,1-2H3. The van der Waals surface area contributed by atoms with E-state index in [2.05, 4.69) is 28.8 Å². The Morgan fingerprint density at radius 2 is 1.33 bits per heavy atom. The summed E-state index contributed by atoms with van der Waals surface area (Å²) in [5.74, 6) is 1.43. The van der Waals surface area contributed by atoms with Crippen LogP contribution >= 0.6 is 0 Å². The Hall–Kier alpha value is -5.14. The van der Waals surface area contributed by atoms with Crippen LogP contribution in [0.25, 0.3) is 49.7 Å². The lowest BCUT2D eigenvalue weighted by Crippen LogP contribution is -2.11. The molecule has 0 aliphatic carbocycles. The summed E-state index contributed by atoms with van der Waals surface area (Å²) in [4.78, 5) is 5.30. The van der Waals surface area contributed by atoms with Crippen LogP contribution in [0.15, 0.2) is 126 Å². The number of aryl methyl sites for hydroxylation is 1. The first-order valence-electron chi connectivity index (χ1n) is 13.5. The van der Waals surface area contributed by atoms with E-state index in [0.717, 1.165) is 43.8 Å². The van der Waals surface area contributed by atoms with Crippen molar-refractivity contribution in [2.24, 2.45) is 0 Å². The highest BCUT2D eigenvalue weighted by Gasteiger charge is 2.25. The Kier molecular flexibility index (Phi) is 6.17. The molecule has 6 aromatic carbocycles. The first-order valence-corrected chi connectivity index (χ1v) is 14.9. The minimum atomic E-state index is -4.11. The van der Waals surface area contributed by atoms with Gasteiger partial charge < -0.3 is 8.92 Å². The molecule has 7 aromatic rings. The highest BCUT2D eigenvalue weighted by molar-refractivity contribution is 7.87. The van der Waals surface area contributed by atoms with Crippen molar-refractivity contribution < 1.29 is 17.3 Å². The quantitative estimate of drug-likeness (QED) is 0.149. The molecule has 0 fully saturated rings. The first kappa shape index (κ1) is 25.8. The fourth-order valence-electron chi connectivity index (χ4n) is 5.48. The lowest BCUT2D eigenvalue weighted by molar-refractivity contribution is 0.414. The van der Waals surface area contributed by atoms with Gasteiger partial charge in [-0.05, 0) is 54.1 Å². The summed E-state index contributed by atoms with van der Waals surface area (Å²) in [7, 11) is -2.47. The Labute approximate surface area is 243 Å². The second-order valence-corrected chi connectivity index (χ2v) is 11.7. The first-order chi connectivity index (χ1) is 20.4. The fraction of sp³-hybridized carbons (Fsp3) is 0.0571. The van der Waals surface area contributed by atoms with Crippen molar-refractivity contribution in [1.82, 2.24) is 9.55 Å². The number of para-hydroxylation sites is 1. The summed E-state index contributed by atoms with van der Waals surface area (Å²) >= 11 is 0. The van der Waals surface area contributed by atoms with Gasteiger partial charge in [0, 0.05) is 16.8 Å². The fourth-order valence-corrected chi connectivity index (χ4v) is 6.43. The molecule has 0 saturated carbocycles. The van der Waals surface area contributed by atoms with Crippen molar-refractivity contribution in [2.45, 2.75) is 11.8 Å². The van der Waals surface area contributed by atoms with Gasteiger partial charge in [-0.2, -0.15) is 8.42 Å². The van der Waals surface area contributed by atoms with Gasteiger partial charge in [-0.25, -0.2) is 4.98 Å². The number of nitrogens with zero attached hydrogens (tertiary/aromatic N) is 2. The normalized spacial score (nSPS) is 11.8. The molecule has 42 heavy (non-hydrogen) atoms. The maximum Gasteiger partial charge on any atom is 0.339 e. The van der Waals surface area contributed by atoms with Crippen LogP contribution in [-0.2, 0) is 10.1 Å². The molecule has 0 aliphatic heterocycles. The van der Waals surface area contributed by atoms with Crippen LogP contribution < -0.4 is 8.92 Å². The molecule has 0 aliphatic rings. The molecule has 0 saturated heterocycles. The lowest BCUT2D eigenvalue weighted by atomic mass is 10.00. The van der Waals surface area contributed by atoms with Crippen molar-refractivity contribution in [3.8, 4) is 28.6 Å². The number of rotatable bonds is 6. The van der Waals surface area contributed by atoms with Crippen molar-refractivity contribution in [2.75, 3.05) is 7.11 Å². The maximum absolute atomic E-state index is 13.4. The zero-order valence-corrected chi connectivity index (χ0v) is 23.8. The van der Waals surface area contributed by atoms with E-state index in [4.69, 9.17) is 13.9 Å². The number of fused-ring (bicyclic) bond motifs is 6. The molecule has 0 N–H and O–H groups in total. The third-order valence-electron chi connectivity index (χ3n) is 7.48. The second-order valence-electron chi connectivity index (χ2n) is 10.1. The molecular weight excluding hydrogens is 544 g/mol. The molecule has 0 bridgehead atoms. The van der Waals surface area contributed by atoms with Gasteiger partial charge in [-0.3, -0.25) is 4.57 Å². The van der Waals surface area contributed by atoms with Crippen LogP contribution in [0.2, 0.25) is 0 Å². The van der Waals surface area contributed by atoms with Gasteiger partial charge in [0.2, 0.25) is 0 Å². The number of benzene rings is 6. The molecule has 7 rings (SSSR count). The van der Waals surface area contributed by atoms with Gasteiger partial charge in [0.1, 0.15) is 16.5 Å². The van der Waals surface area contributed by atoms with Crippen molar-refractivity contribution in [3.63, 3.8) is 0 Å². The molecule has 0 atom stereocenters. The highest BCUT2D eigenvalue weighted by atomic mass is 32.2. The summed E-state index contributed by atoms with van der Waals surface area (Å²) < 4.78 is 40.2. The van der Waals surface area contributed by atoms with E-state index >= 15 is 0 Å². The van der Waals surface area contributed by atoms with Crippen molar-refractivity contribution >= 4 is 42.7 Å². The topological polar surface area (TPSA) is 70.4 Å². The minimum absolute atomic E-state index is 0.0844.